The maximum atomic E-state index is 12.0. The summed E-state index contributed by atoms with van der Waals surface area (Å²) in [5.74, 6) is 0.0613. The largest absolute Gasteiger partial charge is 0.379 e. The van der Waals surface area contributed by atoms with E-state index in [1.165, 1.54) is 0 Å². The van der Waals surface area contributed by atoms with Crippen LogP contribution in [0.3, 0.4) is 0 Å². The van der Waals surface area contributed by atoms with Gasteiger partial charge in [-0.3, -0.25) is 4.79 Å². The molecule has 0 unspecified atom stereocenters. The van der Waals surface area contributed by atoms with E-state index in [2.05, 4.69) is 5.32 Å². The molecule has 1 N–H and O–H groups in total. The van der Waals surface area contributed by atoms with Crippen molar-refractivity contribution in [1.82, 2.24) is 5.32 Å². The highest BCUT2D eigenvalue weighted by atomic mass is 35.5. The van der Waals surface area contributed by atoms with Gasteiger partial charge in [-0.15, -0.1) is 0 Å². The van der Waals surface area contributed by atoms with E-state index in [1.54, 1.807) is 0 Å². The quantitative estimate of drug-likeness (QED) is 0.895. The van der Waals surface area contributed by atoms with E-state index in [9.17, 15) is 4.79 Å². The van der Waals surface area contributed by atoms with Gasteiger partial charge in [0.05, 0.1) is 18.6 Å². The summed E-state index contributed by atoms with van der Waals surface area (Å²) >= 11 is 6.03. The number of carbonyl (C=O) groups is 1. The highest BCUT2D eigenvalue weighted by Gasteiger charge is 2.43. The first-order valence-corrected chi connectivity index (χ1v) is 6.15. The lowest BCUT2D eigenvalue weighted by atomic mass is 9.82. The van der Waals surface area contributed by atoms with Crippen LogP contribution in [0, 0.1) is 5.41 Å². The number of rotatable bonds is 4. The zero-order valence-corrected chi connectivity index (χ0v) is 10.6. The maximum absolute atomic E-state index is 12.0. The van der Waals surface area contributed by atoms with Crippen molar-refractivity contribution < 1.29 is 9.53 Å². The lowest BCUT2D eigenvalue weighted by molar-refractivity contribution is -0.162. The van der Waals surface area contributed by atoms with Crippen LogP contribution in [-0.4, -0.2) is 19.1 Å². The second kappa shape index (κ2) is 5.07. The third-order valence-electron chi connectivity index (χ3n) is 3.31. The lowest BCUT2D eigenvalue weighted by Crippen LogP contribution is -2.53. The Kier molecular flexibility index (Phi) is 3.69. The number of amides is 1. The molecule has 0 atom stereocenters. The molecule has 17 heavy (non-hydrogen) atoms. The number of hydrogen-bond donors (Lipinski definition) is 1. The van der Waals surface area contributed by atoms with Crippen LogP contribution in [0.15, 0.2) is 24.3 Å². The number of nitrogens with one attached hydrogen (secondary N) is 1. The molecule has 1 saturated heterocycles. The van der Waals surface area contributed by atoms with Gasteiger partial charge in [-0.2, -0.15) is 0 Å². The molecule has 4 heteroatoms. The average Bonchev–Trinajstić information content (AvgIpc) is 2.27. The van der Waals surface area contributed by atoms with E-state index in [4.69, 9.17) is 16.3 Å². The van der Waals surface area contributed by atoms with Gasteiger partial charge < -0.3 is 10.1 Å². The molecule has 0 bridgehead atoms. The fourth-order valence-corrected chi connectivity index (χ4v) is 2.05. The Balaban J connectivity index is 1.95. The van der Waals surface area contributed by atoms with Gasteiger partial charge in [-0.05, 0) is 18.1 Å². The van der Waals surface area contributed by atoms with E-state index in [1.807, 2.05) is 31.2 Å². The number of carbonyl (C=O) groups excluding carboxylic acids is 1. The second-order valence-corrected chi connectivity index (χ2v) is 4.81. The molecule has 0 radical (unpaired) electrons. The molecule has 0 aliphatic carbocycles. The van der Waals surface area contributed by atoms with Crippen molar-refractivity contribution in [3.05, 3.63) is 34.9 Å². The van der Waals surface area contributed by atoms with Crippen molar-refractivity contribution in [3.8, 4) is 0 Å². The molecule has 92 valence electrons. The van der Waals surface area contributed by atoms with Crippen molar-refractivity contribution in [2.24, 2.45) is 5.41 Å². The highest BCUT2D eigenvalue weighted by Crippen LogP contribution is 2.31. The van der Waals surface area contributed by atoms with Crippen LogP contribution in [0.4, 0.5) is 0 Å². The molecular formula is C13H16ClNO2. The number of hydrogen-bond acceptors (Lipinski definition) is 2. The predicted octanol–water partition coefficient (Wildman–Crippen LogP) is 2.38. The molecule has 1 aromatic rings. The standard InChI is InChI=1S/C13H16ClNO2/c1-2-13(8-17-9-13)12(16)15-7-10-5-3-4-6-11(10)14/h3-6H,2,7-9H2,1H3,(H,15,16). The molecule has 1 aromatic carbocycles. The highest BCUT2D eigenvalue weighted by molar-refractivity contribution is 6.31. The fourth-order valence-electron chi connectivity index (χ4n) is 1.85. The van der Waals surface area contributed by atoms with Crippen LogP contribution in [0.1, 0.15) is 18.9 Å². The molecule has 0 saturated carbocycles. The van der Waals surface area contributed by atoms with Crippen molar-refractivity contribution in [2.75, 3.05) is 13.2 Å². The fraction of sp³-hybridized carbons (Fsp3) is 0.462. The normalized spacial score (nSPS) is 17.3. The van der Waals surface area contributed by atoms with Gasteiger partial charge in [-0.1, -0.05) is 36.7 Å². The van der Waals surface area contributed by atoms with Crippen LogP contribution in [0.2, 0.25) is 5.02 Å². The minimum absolute atomic E-state index is 0.0613. The van der Waals surface area contributed by atoms with Gasteiger partial charge in [-0.25, -0.2) is 0 Å². The molecule has 1 amide bonds. The smallest absolute Gasteiger partial charge is 0.231 e. The first kappa shape index (κ1) is 12.4. The van der Waals surface area contributed by atoms with E-state index < -0.39 is 0 Å². The summed E-state index contributed by atoms with van der Waals surface area (Å²) in [4.78, 5) is 12.0. The predicted molar refractivity (Wildman–Crippen MR) is 66.8 cm³/mol. The Hall–Kier alpha value is -1.06. The van der Waals surface area contributed by atoms with Gasteiger partial charge in [0.1, 0.15) is 0 Å². The minimum Gasteiger partial charge on any atom is -0.379 e. The summed E-state index contributed by atoms with van der Waals surface area (Å²) in [6.07, 6.45) is 0.807. The summed E-state index contributed by atoms with van der Waals surface area (Å²) in [5.41, 5.74) is 0.621. The molecule has 2 rings (SSSR count). The lowest BCUT2D eigenvalue weighted by Gasteiger charge is -2.39. The van der Waals surface area contributed by atoms with Gasteiger partial charge in [0.2, 0.25) is 5.91 Å². The minimum atomic E-state index is -0.318. The molecular weight excluding hydrogens is 238 g/mol. The SMILES string of the molecule is CCC1(C(=O)NCc2ccccc2Cl)COC1. The van der Waals surface area contributed by atoms with Crippen LogP contribution in [0.25, 0.3) is 0 Å². The van der Waals surface area contributed by atoms with Crippen LogP contribution < -0.4 is 5.32 Å². The second-order valence-electron chi connectivity index (χ2n) is 4.40. The van der Waals surface area contributed by atoms with Crippen molar-refractivity contribution in [1.29, 1.82) is 0 Å². The Bertz CT molecular complexity index is 410. The third-order valence-corrected chi connectivity index (χ3v) is 3.68. The average molecular weight is 254 g/mol. The summed E-state index contributed by atoms with van der Waals surface area (Å²) in [6, 6.07) is 7.53. The van der Waals surface area contributed by atoms with Crippen molar-refractivity contribution >= 4 is 17.5 Å². The van der Waals surface area contributed by atoms with Crippen LogP contribution in [0.5, 0.6) is 0 Å². The van der Waals surface area contributed by atoms with E-state index in [-0.39, 0.29) is 11.3 Å². The van der Waals surface area contributed by atoms with Crippen molar-refractivity contribution in [2.45, 2.75) is 19.9 Å². The molecule has 1 fully saturated rings. The molecule has 1 aliphatic rings. The van der Waals surface area contributed by atoms with Gasteiger partial charge >= 0.3 is 0 Å². The number of benzene rings is 1. The zero-order chi connectivity index (χ0) is 12.3. The topological polar surface area (TPSA) is 38.3 Å². The van der Waals surface area contributed by atoms with Gasteiger partial charge in [0.25, 0.3) is 0 Å². The molecule has 1 heterocycles. The Morgan fingerprint density at radius 1 is 1.47 bits per heavy atom. The monoisotopic (exact) mass is 253 g/mol. The number of ether oxygens (including phenoxy) is 1. The molecule has 0 spiro atoms. The van der Waals surface area contributed by atoms with E-state index in [0.717, 1.165) is 12.0 Å². The van der Waals surface area contributed by atoms with Gasteiger partial charge in [0.15, 0.2) is 0 Å². The summed E-state index contributed by atoms with van der Waals surface area (Å²) in [6.45, 7) is 3.54. The summed E-state index contributed by atoms with van der Waals surface area (Å²) in [7, 11) is 0. The number of halogens is 1. The third kappa shape index (κ3) is 2.45. The Morgan fingerprint density at radius 3 is 2.71 bits per heavy atom. The van der Waals surface area contributed by atoms with Crippen LogP contribution in [-0.2, 0) is 16.1 Å². The summed E-state index contributed by atoms with van der Waals surface area (Å²) in [5, 5.41) is 3.61. The molecule has 3 nitrogen and oxygen atoms in total. The van der Waals surface area contributed by atoms with E-state index in [0.29, 0.717) is 24.8 Å². The first-order valence-electron chi connectivity index (χ1n) is 5.77. The van der Waals surface area contributed by atoms with E-state index >= 15 is 0 Å². The Labute approximate surface area is 106 Å². The van der Waals surface area contributed by atoms with Gasteiger partial charge in [0, 0.05) is 11.6 Å². The zero-order valence-electron chi connectivity index (χ0n) is 9.83. The maximum Gasteiger partial charge on any atom is 0.231 e. The van der Waals surface area contributed by atoms with Crippen molar-refractivity contribution in [3.63, 3.8) is 0 Å². The summed E-state index contributed by atoms with van der Waals surface area (Å²) < 4.78 is 5.14. The Morgan fingerprint density at radius 2 is 2.18 bits per heavy atom. The molecule has 0 aromatic heterocycles. The molecule has 1 aliphatic heterocycles. The first-order chi connectivity index (χ1) is 8.18. The van der Waals surface area contributed by atoms with Crippen LogP contribution >= 0.6 is 11.6 Å².